The minimum absolute atomic E-state index is 0.0272. The SMILES string of the molecule is CC(C)c1cccc(NC(=O)CCCc2ccccc2)n1. The van der Waals surface area contributed by atoms with E-state index in [2.05, 4.69) is 36.3 Å². The van der Waals surface area contributed by atoms with E-state index >= 15 is 0 Å². The highest BCUT2D eigenvalue weighted by atomic mass is 16.1. The monoisotopic (exact) mass is 282 g/mol. The van der Waals surface area contributed by atoms with Crippen molar-refractivity contribution >= 4 is 11.7 Å². The third-order valence-electron chi connectivity index (χ3n) is 3.34. The van der Waals surface area contributed by atoms with Crippen LogP contribution in [0.5, 0.6) is 0 Å². The highest BCUT2D eigenvalue weighted by Crippen LogP contribution is 2.14. The van der Waals surface area contributed by atoms with Crippen LogP contribution in [0.3, 0.4) is 0 Å². The maximum absolute atomic E-state index is 11.9. The highest BCUT2D eigenvalue weighted by molar-refractivity contribution is 5.89. The van der Waals surface area contributed by atoms with Crippen molar-refractivity contribution < 1.29 is 4.79 Å². The van der Waals surface area contributed by atoms with Crippen molar-refractivity contribution in [1.29, 1.82) is 0 Å². The molecular formula is C18H22N2O. The van der Waals surface area contributed by atoms with Gasteiger partial charge in [0, 0.05) is 12.1 Å². The summed E-state index contributed by atoms with van der Waals surface area (Å²) in [6.07, 6.45) is 2.29. The van der Waals surface area contributed by atoms with Crippen molar-refractivity contribution in [3.63, 3.8) is 0 Å². The van der Waals surface area contributed by atoms with Crippen LogP contribution in [0.1, 0.15) is 43.9 Å². The van der Waals surface area contributed by atoms with E-state index in [1.807, 2.05) is 36.4 Å². The fourth-order valence-corrected chi connectivity index (χ4v) is 2.15. The number of nitrogens with zero attached hydrogens (tertiary/aromatic N) is 1. The molecule has 0 unspecified atom stereocenters. The van der Waals surface area contributed by atoms with E-state index in [1.54, 1.807) is 0 Å². The number of benzene rings is 1. The van der Waals surface area contributed by atoms with Crippen LogP contribution in [0.15, 0.2) is 48.5 Å². The highest BCUT2D eigenvalue weighted by Gasteiger charge is 2.06. The predicted octanol–water partition coefficient (Wildman–Crippen LogP) is 4.17. The van der Waals surface area contributed by atoms with E-state index < -0.39 is 0 Å². The summed E-state index contributed by atoms with van der Waals surface area (Å²) in [6, 6.07) is 16.0. The first kappa shape index (κ1) is 15.2. The number of aromatic nitrogens is 1. The molecule has 0 fully saturated rings. The molecular weight excluding hydrogens is 260 g/mol. The van der Waals surface area contributed by atoms with Gasteiger partial charge in [0.1, 0.15) is 5.82 Å². The second-order valence-corrected chi connectivity index (χ2v) is 5.49. The van der Waals surface area contributed by atoms with E-state index in [1.165, 1.54) is 5.56 Å². The lowest BCUT2D eigenvalue weighted by Gasteiger charge is -2.08. The predicted molar refractivity (Wildman–Crippen MR) is 86.3 cm³/mol. The lowest BCUT2D eigenvalue weighted by molar-refractivity contribution is -0.116. The summed E-state index contributed by atoms with van der Waals surface area (Å²) in [5, 5.41) is 2.87. The number of carbonyl (C=O) groups is 1. The number of rotatable bonds is 6. The molecule has 1 N–H and O–H groups in total. The summed E-state index contributed by atoms with van der Waals surface area (Å²) >= 11 is 0. The van der Waals surface area contributed by atoms with Crippen molar-refractivity contribution in [3.05, 3.63) is 59.8 Å². The maximum Gasteiger partial charge on any atom is 0.225 e. The van der Waals surface area contributed by atoms with Crippen LogP contribution in [0.25, 0.3) is 0 Å². The summed E-state index contributed by atoms with van der Waals surface area (Å²) in [5.41, 5.74) is 2.27. The molecule has 2 aromatic rings. The summed E-state index contributed by atoms with van der Waals surface area (Å²) in [5.74, 6) is 1.03. The first-order valence-electron chi connectivity index (χ1n) is 7.46. The Morgan fingerprint density at radius 2 is 1.86 bits per heavy atom. The molecule has 1 aromatic heterocycles. The van der Waals surface area contributed by atoms with E-state index in [9.17, 15) is 4.79 Å². The van der Waals surface area contributed by atoms with Crippen LogP contribution < -0.4 is 5.32 Å². The van der Waals surface area contributed by atoms with Gasteiger partial charge in [-0.05, 0) is 36.5 Å². The Hall–Kier alpha value is -2.16. The number of anilines is 1. The first-order valence-corrected chi connectivity index (χ1v) is 7.46. The normalized spacial score (nSPS) is 10.6. The molecule has 0 spiro atoms. The van der Waals surface area contributed by atoms with Crippen LogP contribution >= 0.6 is 0 Å². The van der Waals surface area contributed by atoms with Gasteiger partial charge in [-0.3, -0.25) is 4.79 Å². The maximum atomic E-state index is 11.9. The second-order valence-electron chi connectivity index (χ2n) is 5.49. The van der Waals surface area contributed by atoms with Crippen LogP contribution in [-0.2, 0) is 11.2 Å². The second kappa shape index (κ2) is 7.58. The van der Waals surface area contributed by atoms with Gasteiger partial charge in [-0.15, -0.1) is 0 Å². The smallest absolute Gasteiger partial charge is 0.225 e. The molecule has 2 rings (SSSR count). The Balaban J connectivity index is 1.80. The standard InChI is InChI=1S/C18H22N2O/c1-14(2)16-11-7-12-17(19-16)20-18(21)13-6-10-15-8-4-3-5-9-15/h3-5,7-9,11-12,14H,6,10,13H2,1-2H3,(H,19,20,21). The Bertz CT molecular complexity index is 579. The zero-order valence-corrected chi connectivity index (χ0v) is 12.7. The Labute approximate surface area is 126 Å². The van der Waals surface area contributed by atoms with Gasteiger partial charge in [-0.2, -0.15) is 0 Å². The lowest BCUT2D eigenvalue weighted by Crippen LogP contribution is -2.13. The summed E-state index contributed by atoms with van der Waals surface area (Å²) in [6.45, 7) is 4.18. The Morgan fingerprint density at radius 3 is 2.57 bits per heavy atom. The summed E-state index contributed by atoms with van der Waals surface area (Å²) in [4.78, 5) is 16.4. The molecule has 1 amide bonds. The van der Waals surface area contributed by atoms with Crippen molar-refractivity contribution in [2.75, 3.05) is 5.32 Å². The molecule has 3 nitrogen and oxygen atoms in total. The quantitative estimate of drug-likeness (QED) is 0.864. The number of pyridine rings is 1. The molecule has 0 aliphatic carbocycles. The van der Waals surface area contributed by atoms with Crippen LogP contribution in [-0.4, -0.2) is 10.9 Å². The fourth-order valence-electron chi connectivity index (χ4n) is 2.15. The minimum Gasteiger partial charge on any atom is -0.311 e. The largest absolute Gasteiger partial charge is 0.311 e. The van der Waals surface area contributed by atoms with Crippen molar-refractivity contribution in [2.45, 2.75) is 39.0 Å². The molecule has 0 bridgehead atoms. The minimum atomic E-state index is 0.0272. The zero-order valence-electron chi connectivity index (χ0n) is 12.7. The number of hydrogen-bond donors (Lipinski definition) is 1. The fraction of sp³-hybridized carbons (Fsp3) is 0.333. The number of carbonyl (C=O) groups excluding carboxylic acids is 1. The molecule has 0 aliphatic heterocycles. The van der Waals surface area contributed by atoms with Gasteiger partial charge in [0.15, 0.2) is 0 Å². The Kier molecular flexibility index (Phi) is 5.50. The molecule has 21 heavy (non-hydrogen) atoms. The van der Waals surface area contributed by atoms with E-state index in [-0.39, 0.29) is 5.91 Å². The van der Waals surface area contributed by atoms with Gasteiger partial charge < -0.3 is 5.32 Å². The molecule has 0 atom stereocenters. The van der Waals surface area contributed by atoms with Gasteiger partial charge >= 0.3 is 0 Å². The summed E-state index contributed by atoms with van der Waals surface area (Å²) in [7, 11) is 0. The van der Waals surface area contributed by atoms with Crippen LogP contribution in [0, 0.1) is 0 Å². The first-order chi connectivity index (χ1) is 10.1. The molecule has 0 aliphatic rings. The van der Waals surface area contributed by atoms with E-state index in [0.29, 0.717) is 18.2 Å². The average Bonchev–Trinajstić information content (AvgIpc) is 2.48. The Morgan fingerprint density at radius 1 is 1.10 bits per heavy atom. The molecule has 0 saturated heterocycles. The molecule has 0 saturated carbocycles. The van der Waals surface area contributed by atoms with Gasteiger partial charge in [-0.1, -0.05) is 50.2 Å². The number of hydrogen-bond acceptors (Lipinski definition) is 2. The van der Waals surface area contributed by atoms with Crippen molar-refractivity contribution in [3.8, 4) is 0 Å². The molecule has 1 heterocycles. The van der Waals surface area contributed by atoms with Crippen LogP contribution in [0.4, 0.5) is 5.82 Å². The zero-order chi connectivity index (χ0) is 15.1. The number of nitrogens with one attached hydrogen (secondary N) is 1. The molecule has 3 heteroatoms. The van der Waals surface area contributed by atoms with Gasteiger partial charge in [0.05, 0.1) is 0 Å². The van der Waals surface area contributed by atoms with Gasteiger partial charge in [0.2, 0.25) is 5.91 Å². The number of aryl methyl sites for hydroxylation is 1. The number of amides is 1. The average molecular weight is 282 g/mol. The van der Waals surface area contributed by atoms with Crippen LogP contribution in [0.2, 0.25) is 0 Å². The van der Waals surface area contributed by atoms with Gasteiger partial charge in [-0.25, -0.2) is 4.98 Å². The van der Waals surface area contributed by atoms with Crippen molar-refractivity contribution in [2.24, 2.45) is 0 Å². The van der Waals surface area contributed by atoms with E-state index in [4.69, 9.17) is 0 Å². The summed E-state index contributed by atoms with van der Waals surface area (Å²) < 4.78 is 0. The third-order valence-corrected chi connectivity index (χ3v) is 3.34. The van der Waals surface area contributed by atoms with Gasteiger partial charge in [0.25, 0.3) is 0 Å². The van der Waals surface area contributed by atoms with Crippen molar-refractivity contribution in [1.82, 2.24) is 4.98 Å². The molecule has 110 valence electrons. The molecule has 1 aromatic carbocycles. The van der Waals surface area contributed by atoms with E-state index in [0.717, 1.165) is 18.5 Å². The molecule has 0 radical (unpaired) electrons. The third kappa shape index (κ3) is 5.03. The topological polar surface area (TPSA) is 42.0 Å². The lowest BCUT2D eigenvalue weighted by atomic mass is 10.1.